The minimum absolute atomic E-state index is 0.0631. The lowest BCUT2D eigenvalue weighted by atomic mass is 10.1. The molecule has 0 heterocycles. The van der Waals surface area contributed by atoms with Crippen molar-refractivity contribution in [2.45, 2.75) is 31.3 Å². The van der Waals surface area contributed by atoms with Crippen LogP contribution >= 0.6 is 23.2 Å². The first-order valence-corrected chi connectivity index (χ1v) is 13.6. The van der Waals surface area contributed by atoms with Crippen molar-refractivity contribution in [3.63, 3.8) is 0 Å². The van der Waals surface area contributed by atoms with Crippen LogP contribution in [-0.4, -0.2) is 44.3 Å². The van der Waals surface area contributed by atoms with Crippen LogP contribution in [0.5, 0.6) is 0 Å². The third kappa shape index (κ3) is 7.00. The molecule has 0 saturated heterocycles. The Hall–Kier alpha value is -3.14. The van der Waals surface area contributed by atoms with Crippen LogP contribution < -0.4 is 9.62 Å². The largest absolute Gasteiger partial charge is 0.355 e. The molecule has 0 saturated carbocycles. The number of likely N-dealkylation sites (N-methyl/N-ethyl adjacent to an activating group) is 1. The van der Waals surface area contributed by atoms with Gasteiger partial charge in [-0.3, -0.25) is 13.9 Å². The third-order valence-corrected chi connectivity index (χ3v) is 7.97. The Kier molecular flexibility index (Phi) is 9.53. The Morgan fingerprint density at radius 1 is 1.00 bits per heavy atom. The van der Waals surface area contributed by atoms with Gasteiger partial charge in [-0.25, -0.2) is 12.8 Å². The molecule has 3 aromatic rings. The standard InChI is InChI=1S/C26H26Cl2FN3O4S/c1-3-30-26(34)18(2)31(16-19-9-10-20(27)15-24(19)28)25(33)17-32(22-7-5-4-6-8-22)37(35,36)23-13-11-21(29)12-14-23/h4-15,18H,3,16-17H2,1-2H3,(H,30,34)/t18-/m1/s1. The number of nitrogens with zero attached hydrogens (tertiary/aromatic N) is 2. The number of hydrogen-bond acceptors (Lipinski definition) is 4. The van der Waals surface area contributed by atoms with E-state index in [2.05, 4.69) is 5.32 Å². The average Bonchev–Trinajstić information content (AvgIpc) is 2.87. The molecule has 3 aromatic carbocycles. The fourth-order valence-electron chi connectivity index (χ4n) is 3.59. The van der Waals surface area contributed by atoms with Gasteiger partial charge in [-0.05, 0) is 67.9 Å². The molecular weight excluding hydrogens is 540 g/mol. The number of carbonyl (C=O) groups excluding carboxylic acids is 2. The predicted octanol–water partition coefficient (Wildman–Crippen LogP) is 4.88. The second-order valence-corrected chi connectivity index (χ2v) is 10.8. The van der Waals surface area contributed by atoms with Crippen molar-refractivity contribution in [3.8, 4) is 0 Å². The van der Waals surface area contributed by atoms with E-state index >= 15 is 0 Å². The number of benzene rings is 3. The topological polar surface area (TPSA) is 86.8 Å². The molecule has 7 nitrogen and oxygen atoms in total. The summed E-state index contributed by atoms with van der Waals surface area (Å²) in [6, 6.07) is 16.2. The maximum Gasteiger partial charge on any atom is 0.264 e. The molecule has 0 aliphatic heterocycles. The Morgan fingerprint density at radius 3 is 2.24 bits per heavy atom. The first-order valence-electron chi connectivity index (χ1n) is 11.4. The summed E-state index contributed by atoms with van der Waals surface area (Å²) in [7, 11) is -4.27. The van der Waals surface area contributed by atoms with Gasteiger partial charge < -0.3 is 10.2 Å². The number of hydrogen-bond donors (Lipinski definition) is 1. The molecule has 11 heteroatoms. The molecule has 0 aromatic heterocycles. The number of sulfonamides is 1. The van der Waals surface area contributed by atoms with E-state index in [1.807, 2.05) is 0 Å². The van der Waals surface area contributed by atoms with Crippen molar-refractivity contribution >= 4 is 50.7 Å². The van der Waals surface area contributed by atoms with Crippen molar-refractivity contribution in [1.82, 2.24) is 10.2 Å². The smallest absolute Gasteiger partial charge is 0.264 e. The quantitative estimate of drug-likeness (QED) is 0.379. The van der Waals surface area contributed by atoms with E-state index in [0.717, 1.165) is 28.6 Å². The van der Waals surface area contributed by atoms with E-state index in [-0.39, 0.29) is 17.1 Å². The van der Waals surface area contributed by atoms with Crippen LogP contribution in [0.4, 0.5) is 10.1 Å². The Bertz CT molecular complexity index is 1360. The number of rotatable bonds is 10. The van der Waals surface area contributed by atoms with Crippen LogP contribution in [0.25, 0.3) is 0 Å². The van der Waals surface area contributed by atoms with E-state index < -0.39 is 40.2 Å². The highest BCUT2D eigenvalue weighted by Gasteiger charge is 2.32. The molecule has 3 rings (SSSR count). The zero-order valence-corrected chi connectivity index (χ0v) is 22.5. The first-order chi connectivity index (χ1) is 17.5. The van der Waals surface area contributed by atoms with Crippen molar-refractivity contribution in [2.75, 3.05) is 17.4 Å². The third-order valence-electron chi connectivity index (χ3n) is 5.60. The lowest BCUT2D eigenvalue weighted by Crippen LogP contribution is -2.51. The molecule has 0 aliphatic rings. The van der Waals surface area contributed by atoms with Crippen LogP contribution in [-0.2, 0) is 26.2 Å². The molecule has 0 radical (unpaired) electrons. The number of nitrogens with one attached hydrogen (secondary N) is 1. The molecule has 2 amide bonds. The number of para-hydroxylation sites is 1. The molecule has 0 bridgehead atoms. The van der Waals surface area contributed by atoms with Crippen LogP contribution in [0.15, 0.2) is 77.7 Å². The van der Waals surface area contributed by atoms with Crippen molar-refractivity contribution in [3.05, 3.63) is 94.2 Å². The molecule has 196 valence electrons. The fourth-order valence-corrected chi connectivity index (χ4v) is 5.48. The van der Waals surface area contributed by atoms with Crippen LogP contribution in [0.1, 0.15) is 19.4 Å². The number of amides is 2. The second-order valence-electron chi connectivity index (χ2n) is 8.13. The molecule has 37 heavy (non-hydrogen) atoms. The fraction of sp³-hybridized carbons (Fsp3) is 0.231. The van der Waals surface area contributed by atoms with Crippen molar-refractivity contribution in [2.24, 2.45) is 0 Å². The van der Waals surface area contributed by atoms with Gasteiger partial charge in [0, 0.05) is 23.1 Å². The van der Waals surface area contributed by atoms with Crippen LogP contribution in [0.3, 0.4) is 0 Å². The molecule has 0 aliphatic carbocycles. The Labute approximate surface area is 225 Å². The van der Waals surface area contributed by atoms with Crippen LogP contribution in [0.2, 0.25) is 10.0 Å². The van der Waals surface area contributed by atoms with E-state index in [4.69, 9.17) is 23.2 Å². The van der Waals surface area contributed by atoms with Crippen molar-refractivity contribution < 1.29 is 22.4 Å². The second kappa shape index (κ2) is 12.4. The molecule has 1 N–H and O–H groups in total. The van der Waals surface area contributed by atoms with Crippen LogP contribution in [0, 0.1) is 5.82 Å². The summed E-state index contributed by atoms with van der Waals surface area (Å²) in [5.74, 6) is -1.64. The highest BCUT2D eigenvalue weighted by atomic mass is 35.5. The number of carbonyl (C=O) groups is 2. The zero-order chi connectivity index (χ0) is 27.2. The molecule has 0 spiro atoms. The van der Waals surface area contributed by atoms with E-state index in [9.17, 15) is 22.4 Å². The van der Waals surface area contributed by atoms with E-state index in [0.29, 0.717) is 22.2 Å². The van der Waals surface area contributed by atoms with Gasteiger partial charge in [-0.15, -0.1) is 0 Å². The van der Waals surface area contributed by atoms with Gasteiger partial charge in [0.2, 0.25) is 11.8 Å². The Balaban J connectivity index is 2.02. The monoisotopic (exact) mass is 565 g/mol. The maximum atomic E-state index is 13.7. The highest BCUT2D eigenvalue weighted by Crippen LogP contribution is 2.26. The summed E-state index contributed by atoms with van der Waals surface area (Å²) in [6.45, 7) is 2.97. The lowest BCUT2D eigenvalue weighted by molar-refractivity contribution is -0.139. The minimum atomic E-state index is -4.27. The van der Waals surface area contributed by atoms with Gasteiger partial charge in [-0.2, -0.15) is 0 Å². The van der Waals surface area contributed by atoms with Gasteiger partial charge in [0.05, 0.1) is 10.6 Å². The molecule has 0 unspecified atom stereocenters. The molecule has 1 atom stereocenters. The predicted molar refractivity (Wildman–Crippen MR) is 143 cm³/mol. The first kappa shape index (κ1) is 28.4. The summed E-state index contributed by atoms with van der Waals surface area (Å²) in [6.07, 6.45) is 0. The zero-order valence-electron chi connectivity index (χ0n) is 20.2. The minimum Gasteiger partial charge on any atom is -0.355 e. The summed E-state index contributed by atoms with van der Waals surface area (Å²) in [5.41, 5.74) is 0.763. The van der Waals surface area contributed by atoms with E-state index in [1.54, 1.807) is 56.3 Å². The van der Waals surface area contributed by atoms with Gasteiger partial charge in [0.1, 0.15) is 18.4 Å². The van der Waals surface area contributed by atoms with E-state index in [1.165, 1.54) is 11.0 Å². The summed E-state index contributed by atoms with van der Waals surface area (Å²) < 4.78 is 41.6. The number of halogens is 3. The summed E-state index contributed by atoms with van der Waals surface area (Å²) >= 11 is 12.3. The maximum absolute atomic E-state index is 13.7. The van der Waals surface area contributed by atoms with Gasteiger partial charge >= 0.3 is 0 Å². The highest BCUT2D eigenvalue weighted by molar-refractivity contribution is 7.92. The van der Waals surface area contributed by atoms with Gasteiger partial charge in [0.25, 0.3) is 10.0 Å². The Morgan fingerprint density at radius 2 is 1.65 bits per heavy atom. The summed E-state index contributed by atoms with van der Waals surface area (Å²) in [4.78, 5) is 27.5. The van der Waals surface area contributed by atoms with Gasteiger partial charge in [-0.1, -0.05) is 47.5 Å². The molecule has 0 fully saturated rings. The average molecular weight is 566 g/mol. The normalized spacial score (nSPS) is 12.0. The lowest BCUT2D eigenvalue weighted by Gasteiger charge is -2.32. The summed E-state index contributed by atoms with van der Waals surface area (Å²) in [5, 5.41) is 3.39. The number of anilines is 1. The van der Waals surface area contributed by atoms with Gasteiger partial charge in [0.15, 0.2) is 0 Å². The SMILES string of the molecule is CCNC(=O)[C@@H](C)N(Cc1ccc(Cl)cc1Cl)C(=O)CN(c1ccccc1)S(=O)(=O)c1ccc(F)cc1. The van der Waals surface area contributed by atoms with Crippen molar-refractivity contribution in [1.29, 1.82) is 0 Å². The molecular formula is C26H26Cl2FN3O4S.